The van der Waals surface area contributed by atoms with Gasteiger partial charge in [0, 0.05) is 23.7 Å². The van der Waals surface area contributed by atoms with Crippen LogP contribution >= 0.6 is 0 Å². The number of rotatable bonds is 2. The Hall–Kier alpha value is -2.17. The summed E-state index contributed by atoms with van der Waals surface area (Å²) in [6.07, 6.45) is 0. The van der Waals surface area contributed by atoms with Gasteiger partial charge >= 0.3 is 0 Å². The van der Waals surface area contributed by atoms with E-state index >= 15 is 0 Å². The van der Waals surface area contributed by atoms with Crippen molar-refractivity contribution in [1.82, 2.24) is 9.97 Å². The van der Waals surface area contributed by atoms with Gasteiger partial charge in [0.25, 0.3) is 0 Å². The number of aromatic nitrogens is 2. The number of hydrogen-bond acceptors (Lipinski definition) is 4. The minimum Gasteiger partial charge on any atom is -0.383 e. The minimum absolute atomic E-state index is 0.194. The maximum atomic E-state index is 13.1. The summed E-state index contributed by atoms with van der Waals surface area (Å²) >= 11 is 0. The van der Waals surface area contributed by atoms with Crippen LogP contribution in [0.1, 0.15) is 32.2 Å². The molecule has 0 saturated heterocycles. The molecule has 4 nitrogen and oxygen atoms in total. The molecule has 0 atom stereocenters. The highest BCUT2D eigenvalue weighted by atomic mass is 19.1. The predicted octanol–water partition coefficient (Wildman–Crippen LogP) is 3.57. The average molecular weight is 288 g/mol. The Morgan fingerprint density at radius 2 is 1.67 bits per heavy atom. The van der Waals surface area contributed by atoms with Gasteiger partial charge in [-0.05, 0) is 31.2 Å². The van der Waals surface area contributed by atoms with Gasteiger partial charge < -0.3 is 10.6 Å². The molecule has 1 aromatic heterocycles. The van der Waals surface area contributed by atoms with E-state index in [-0.39, 0.29) is 11.2 Å². The van der Waals surface area contributed by atoms with Crippen molar-refractivity contribution in [2.45, 2.75) is 33.1 Å². The van der Waals surface area contributed by atoms with E-state index in [0.29, 0.717) is 11.6 Å². The highest BCUT2D eigenvalue weighted by molar-refractivity contribution is 5.66. The molecular weight excluding hydrogens is 267 g/mol. The van der Waals surface area contributed by atoms with Crippen molar-refractivity contribution in [2.24, 2.45) is 0 Å². The number of halogens is 1. The van der Waals surface area contributed by atoms with E-state index in [0.717, 1.165) is 17.1 Å². The van der Waals surface area contributed by atoms with Gasteiger partial charge in [0.15, 0.2) is 0 Å². The molecule has 2 aromatic rings. The zero-order valence-electron chi connectivity index (χ0n) is 13.1. The molecule has 0 saturated carbocycles. The maximum absolute atomic E-state index is 13.1. The molecule has 0 aliphatic heterocycles. The molecule has 0 bridgehead atoms. The third kappa shape index (κ3) is 3.12. The summed E-state index contributed by atoms with van der Waals surface area (Å²) in [4.78, 5) is 10.9. The first-order chi connectivity index (χ1) is 9.70. The Morgan fingerprint density at radius 3 is 2.19 bits per heavy atom. The standard InChI is InChI=1S/C16H21FN4/c1-10-13(18)19-15(16(2,3)4)20-14(10)21(5)12-8-6-11(17)7-9-12/h6-9H,1-5H3,(H2,18,19,20). The molecule has 21 heavy (non-hydrogen) atoms. The van der Waals surface area contributed by atoms with E-state index < -0.39 is 0 Å². The van der Waals surface area contributed by atoms with Crippen LogP contribution < -0.4 is 10.6 Å². The van der Waals surface area contributed by atoms with Crippen LogP contribution in [0.2, 0.25) is 0 Å². The molecule has 0 unspecified atom stereocenters. The Kier molecular flexibility index (Phi) is 3.85. The van der Waals surface area contributed by atoms with Crippen molar-refractivity contribution >= 4 is 17.3 Å². The van der Waals surface area contributed by atoms with Crippen molar-refractivity contribution in [3.8, 4) is 0 Å². The number of nitrogens with two attached hydrogens (primary N) is 1. The summed E-state index contributed by atoms with van der Waals surface area (Å²) in [5.74, 6) is 1.63. The van der Waals surface area contributed by atoms with Crippen molar-refractivity contribution < 1.29 is 4.39 Å². The first-order valence-corrected chi connectivity index (χ1v) is 6.84. The van der Waals surface area contributed by atoms with E-state index in [1.807, 2.05) is 39.6 Å². The molecule has 0 aliphatic rings. The van der Waals surface area contributed by atoms with Gasteiger partial charge in [-0.2, -0.15) is 0 Å². The monoisotopic (exact) mass is 288 g/mol. The molecule has 112 valence electrons. The van der Waals surface area contributed by atoms with Crippen molar-refractivity contribution in [1.29, 1.82) is 0 Å². The Labute approximate surface area is 124 Å². The molecule has 0 spiro atoms. The second-order valence-electron chi connectivity index (χ2n) is 6.17. The second kappa shape index (κ2) is 5.31. The number of hydrogen-bond donors (Lipinski definition) is 1. The molecule has 0 aliphatic carbocycles. The molecule has 2 rings (SSSR count). The summed E-state index contributed by atoms with van der Waals surface area (Å²) < 4.78 is 13.1. The molecule has 0 radical (unpaired) electrons. The van der Waals surface area contributed by atoms with E-state index in [1.54, 1.807) is 12.1 Å². The topological polar surface area (TPSA) is 55.0 Å². The van der Waals surface area contributed by atoms with Crippen LogP contribution in [0.25, 0.3) is 0 Å². The predicted molar refractivity (Wildman–Crippen MR) is 84.3 cm³/mol. The highest BCUT2D eigenvalue weighted by Crippen LogP contribution is 2.30. The van der Waals surface area contributed by atoms with Crippen LogP contribution in [0, 0.1) is 12.7 Å². The van der Waals surface area contributed by atoms with Gasteiger partial charge in [0.05, 0.1) is 0 Å². The van der Waals surface area contributed by atoms with Crippen LogP contribution in [0.4, 0.5) is 21.7 Å². The van der Waals surface area contributed by atoms with Crippen LogP contribution in [-0.2, 0) is 5.41 Å². The highest BCUT2D eigenvalue weighted by Gasteiger charge is 2.22. The second-order valence-corrected chi connectivity index (χ2v) is 6.17. The Morgan fingerprint density at radius 1 is 1.10 bits per heavy atom. The van der Waals surface area contributed by atoms with E-state index in [1.165, 1.54) is 12.1 Å². The first-order valence-electron chi connectivity index (χ1n) is 6.84. The van der Waals surface area contributed by atoms with Crippen molar-refractivity contribution in [3.63, 3.8) is 0 Å². The van der Waals surface area contributed by atoms with E-state index in [4.69, 9.17) is 5.73 Å². The molecule has 1 heterocycles. The van der Waals surface area contributed by atoms with Gasteiger partial charge in [-0.25, -0.2) is 14.4 Å². The van der Waals surface area contributed by atoms with E-state index in [9.17, 15) is 4.39 Å². The minimum atomic E-state index is -0.263. The van der Waals surface area contributed by atoms with E-state index in [2.05, 4.69) is 9.97 Å². The van der Waals surface area contributed by atoms with Crippen molar-refractivity contribution in [2.75, 3.05) is 17.7 Å². The molecule has 1 aromatic carbocycles. The number of nitrogens with zero attached hydrogens (tertiary/aromatic N) is 3. The quantitative estimate of drug-likeness (QED) is 0.917. The van der Waals surface area contributed by atoms with Gasteiger partial charge in [-0.3, -0.25) is 0 Å². The lowest BCUT2D eigenvalue weighted by atomic mass is 9.95. The third-order valence-corrected chi connectivity index (χ3v) is 3.36. The van der Waals surface area contributed by atoms with Crippen LogP contribution in [-0.4, -0.2) is 17.0 Å². The van der Waals surface area contributed by atoms with Gasteiger partial charge in [0.1, 0.15) is 23.3 Å². The summed E-state index contributed by atoms with van der Waals surface area (Å²) in [5, 5.41) is 0. The SMILES string of the molecule is Cc1c(N)nc(C(C)(C)C)nc1N(C)c1ccc(F)cc1. The molecule has 0 amide bonds. The Balaban J connectivity index is 2.52. The number of benzene rings is 1. The number of nitrogen functional groups attached to an aromatic ring is 1. The summed E-state index contributed by atoms with van der Waals surface area (Å²) in [5.41, 5.74) is 7.49. The summed E-state index contributed by atoms with van der Waals surface area (Å²) in [6.45, 7) is 8.01. The molecular formula is C16H21FN4. The fourth-order valence-electron chi connectivity index (χ4n) is 1.97. The molecule has 2 N–H and O–H groups in total. The lowest BCUT2D eigenvalue weighted by Crippen LogP contribution is -2.22. The fourth-order valence-corrected chi connectivity index (χ4v) is 1.97. The van der Waals surface area contributed by atoms with Crippen LogP contribution in [0.5, 0.6) is 0 Å². The third-order valence-electron chi connectivity index (χ3n) is 3.36. The largest absolute Gasteiger partial charge is 0.383 e. The first kappa shape index (κ1) is 15.2. The van der Waals surface area contributed by atoms with Gasteiger partial charge in [-0.15, -0.1) is 0 Å². The molecule has 5 heteroatoms. The van der Waals surface area contributed by atoms with Gasteiger partial charge in [-0.1, -0.05) is 20.8 Å². The molecule has 0 fully saturated rings. The maximum Gasteiger partial charge on any atom is 0.141 e. The van der Waals surface area contributed by atoms with Gasteiger partial charge in [0.2, 0.25) is 0 Å². The average Bonchev–Trinajstić information content (AvgIpc) is 2.40. The zero-order valence-corrected chi connectivity index (χ0v) is 13.1. The van der Waals surface area contributed by atoms with Crippen LogP contribution in [0.15, 0.2) is 24.3 Å². The lowest BCUT2D eigenvalue weighted by Gasteiger charge is -2.24. The van der Waals surface area contributed by atoms with Crippen LogP contribution in [0.3, 0.4) is 0 Å². The summed E-state index contributed by atoms with van der Waals surface area (Å²) in [6, 6.07) is 6.28. The zero-order chi connectivity index (χ0) is 15.8. The van der Waals surface area contributed by atoms with Crippen molar-refractivity contribution in [3.05, 3.63) is 41.5 Å². The lowest BCUT2D eigenvalue weighted by molar-refractivity contribution is 0.546. The number of anilines is 3. The summed E-state index contributed by atoms with van der Waals surface area (Å²) in [7, 11) is 1.88. The Bertz CT molecular complexity index is 645. The normalized spacial score (nSPS) is 11.5. The fraction of sp³-hybridized carbons (Fsp3) is 0.375. The smallest absolute Gasteiger partial charge is 0.141 e.